The second-order valence-electron chi connectivity index (χ2n) is 5.27. The van der Waals surface area contributed by atoms with Crippen molar-refractivity contribution in [1.82, 2.24) is 4.90 Å². The van der Waals surface area contributed by atoms with E-state index in [1.54, 1.807) is 0 Å². The molecular formula is C14H30N2S. The third-order valence-electron chi connectivity index (χ3n) is 4.15. The Balaban J connectivity index is 2.46. The average Bonchev–Trinajstić information content (AvgIpc) is 2.36. The van der Waals surface area contributed by atoms with Crippen molar-refractivity contribution in [2.45, 2.75) is 58.5 Å². The van der Waals surface area contributed by atoms with E-state index in [0.717, 1.165) is 18.5 Å². The first-order valence-electron chi connectivity index (χ1n) is 7.26. The Morgan fingerprint density at radius 1 is 1.35 bits per heavy atom. The summed E-state index contributed by atoms with van der Waals surface area (Å²) < 4.78 is 0. The minimum Gasteiger partial charge on any atom is -0.329 e. The van der Waals surface area contributed by atoms with Gasteiger partial charge in [0.15, 0.2) is 0 Å². The highest BCUT2D eigenvalue weighted by Crippen LogP contribution is 2.26. The molecule has 102 valence electrons. The van der Waals surface area contributed by atoms with Crippen molar-refractivity contribution >= 4 is 11.8 Å². The molecule has 17 heavy (non-hydrogen) atoms. The van der Waals surface area contributed by atoms with Crippen molar-refractivity contribution in [3.05, 3.63) is 0 Å². The first-order chi connectivity index (χ1) is 8.22. The predicted molar refractivity (Wildman–Crippen MR) is 79.6 cm³/mol. The predicted octanol–water partition coefficient (Wildman–Crippen LogP) is 2.97. The van der Waals surface area contributed by atoms with Crippen molar-refractivity contribution in [1.29, 1.82) is 0 Å². The minimum atomic E-state index is 0.610. The summed E-state index contributed by atoms with van der Waals surface area (Å²) in [5.41, 5.74) is 5.98. The van der Waals surface area contributed by atoms with E-state index >= 15 is 0 Å². The van der Waals surface area contributed by atoms with Gasteiger partial charge in [0.1, 0.15) is 0 Å². The second-order valence-corrected chi connectivity index (χ2v) is 6.67. The number of rotatable bonds is 7. The lowest BCUT2D eigenvalue weighted by Crippen LogP contribution is -2.50. The van der Waals surface area contributed by atoms with Gasteiger partial charge in [-0.2, -0.15) is 11.8 Å². The van der Waals surface area contributed by atoms with E-state index in [-0.39, 0.29) is 0 Å². The van der Waals surface area contributed by atoms with Crippen molar-refractivity contribution in [3.63, 3.8) is 0 Å². The quantitative estimate of drug-likeness (QED) is 0.712. The molecule has 0 spiro atoms. The highest BCUT2D eigenvalue weighted by atomic mass is 32.2. The Hall–Kier alpha value is 0.270. The van der Waals surface area contributed by atoms with Gasteiger partial charge in [-0.15, -0.1) is 0 Å². The molecule has 1 fully saturated rings. The molecule has 1 aliphatic heterocycles. The normalized spacial score (nSPS) is 28.2. The van der Waals surface area contributed by atoms with Gasteiger partial charge in [-0.3, -0.25) is 4.90 Å². The van der Waals surface area contributed by atoms with Crippen molar-refractivity contribution in [2.24, 2.45) is 11.7 Å². The largest absolute Gasteiger partial charge is 0.329 e. The van der Waals surface area contributed by atoms with Crippen LogP contribution in [0.25, 0.3) is 0 Å². The van der Waals surface area contributed by atoms with Crippen molar-refractivity contribution < 1.29 is 0 Å². The molecule has 2 nitrogen and oxygen atoms in total. The van der Waals surface area contributed by atoms with Crippen LogP contribution in [0.2, 0.25) is 0 Å². The average molecular weight is 258 g/mol. The Kier molecular flexibility index (Phi) is 7.56. The Bertz CT molecular complexity index is 199. The minimum absolute atomic E-state index is 0.610. The molecule has 2 N–H and O–H groups in total. The van der Waals surface area contributed by atoms with Crippen LogP contribution in [0.5, 0.6) is 0 Å². The van der Waals surface area contributed by atoms with Crippen LogP contribution in [0.3, 0.4) is 0 Å². The molecule has 0 bridgehead atoms. The topological polar surface area (TPSA) is 29.3 Å². The molecular weight excluding hydrogens is 228 g/mol. The Labute approximate surface area is 112 Å². The summed E-state index contributed by atoms with van der Waals surface area (Å²) in [6, 6.07) is 1.34. The number of nitrogens with zero attached hydrogens (tertiary/aromatic N) is 1. The molecule has 3 unspecified atom stereocenters. The number of hydrogen-bond donors (Lipinski definition) is 1. The maximum atomic E-state index is 5.98. The molecule has 3 heteroatoms. The summed E-state index contributed by atoms with van der Waals surface area (Å²) >= 11 is 2.04. The monoisotopic (exact) mass is 258 g/mol. The smallest absolute Gasteiger partial charge is 0.0229 e. The van der Waals surface area contributed by atoms with Gasteiger partial charge in [0.05, 0.1) is 0 Å². The number of likely N-dealkylation sites (tertiary alicyclic amines) is 1. The number of hydrogen-bond acceptors (Lipinski definition) is 3. The maximum absolute atomic E-state index is 5.98. The van der Waals surface area contributed by atoms with E-state index in [1.165, 1.54) is 43.7 Å². The third-order valence-corrected chi connectivity index (χ3v) is 5.08. The first-order valence-corrected chi connectivity index (χ1v) is 8.41. The summed E-state index contributed by atoms with van der Waals surface area (Å²) in [5, 5.41) is 0. The molecule has 0 aromatic heterocycles. The fourth-order valence-corrected chi connectivity index (χ4v) is 3.56. The molecule has 1 saturated heterocycles. The molecule has 0 amide bonds. The standard InChI is InChI=1S/C14H30N2S/c1-4-13-7-6-12(3)16(11-13)14(10-15)8-9-17-5-2/h12-14H,4-11,15H2,1-3H3. The van der Waals surface area contributed by atoms with Crippen LogP contribution >= 0.6 is 11.8 Å². The van der Waals surface area contributed by atoms with Gasteiger partial charge in [-0.05, 0) is 43.6 Å². The van der Waals surface area contributed by atoms with Gasteiger partial charge in [0.2, 0.25) is 0 Å². The van der Waals surface area contributed by atoms with E-state index in [9.17, 15) is 0 Å². The highest BCUT2D eigenvalue weighted by Gasteiger charge is 2.28. The molecule has 1 aliphatic rings. The fraction of sp³-hybridized carbons (Fsp3) is 1.00. The van der Waals surface area contributed by atoms with Gasteiger partial charge in [-0.1, -0.05) is 20.3 Å². The van der Waals surface area contributed by atoms with Gasteiger partial charge in [0, 0.05) is 25.2 Å². The molecule has 0 saturated carbocycles. The molecule has 0 aliphatic carbocycles. The molecule has 1 heterocycles. The summed E-state index contributed by atoms with van der Waals surface area (Å²) in [7, 11) is 0. The number of piperidine rings is 1. The number of nitrogens with two attached hydrogens (primary N) is 1. The third kappa shape index (κ3) is 4.80. The van der Waals surface area contributed by atoms with Gasteiger partial charge in [-0.25, -0.2) is 0 Å². The summed E-state index contributed by atoms with van der Waals surface area (Å²) in [4.78, 5) is 2.69. The van der Waals surface area contributed by atoms with Crippen LogP contribution in [-0.2, 0) is 0 Å². The van der Waals surface area contributed by atoms with E-state index in [1.807, 2.05) is 11.8 Å². The molecule has 3 atom stereocenters. The second kappa shape index (κ2) is 8.39. The fourth-order valence-electron chi connectivity index (χ4n) is 2.84. The lowest BCUT2D eigenvalue weighted by molar-refractivity contribution is 0.0719. The van der Waals surface area contributed by atoms with Crippen LogP contribution in [0.4, 0.5) is 0 Å². The molecule has 1 rings (SSSR count). The zero-order chi connectivity index (χ0) is 12.7. The zero-order valence-corrected chi connectivity index (χ0v) is 12.6. The van der Waals surface area contributed by atoms with E-state index < -0.39 is 0 Å². The van der Waals surface area contributed by atoms with Gasteiger partial charge in [0.25, 0.3) is 0 Å². The van der Waals surface area contributed by atoms with Crippen LogP contribution < -0.4 is 5.73 Å². The van der Waals surface area contributed by atoms with E-state index in [2.05, 4.69) is 25.7 Å². The maximum Gasteiger partial charge on any atom is 0.0229 e. The van der Waals surface area contributed by atoms with Crippen LogP contribution in [0.1, 0.15) is 46.5 Å². The van der Waals surface area contributed by atoms with Crippen LogP contribution in [0, 0.1) is 5.92 Å². The Morgan fingerprint density at radius 3 is 2.71 bits per heavy atom. The summed E-state index contributed by atoms with van der Waals surface area (Å²) in [6.07, 6.45) is 5.35. The number of thioether (sulfide) groups is 1. The highest BCUT2D eigenvalue weighted by molar-refractivity contribution is 7.99. The molecule has 0 radical (unpaired) electrons. The van der Waals surface area contributed by atoms with Gasteiger partial charge < -0.3 is 5.73 Å². The Morgan fingerprint density at radius 2 is 2.12 bits per heavy atom. The van der Waals surface area contributed by atoms with Crippen molar-refractivity contribution in [2.75, 3.05) is 24.6 Å². The lowest BCUT2D eigenvalue weighted by atomic mass is 9.90. The van der Waals surface area contributed by atoms with Crippen LogP contribution in [-0.4, -0.2) is 41.6 Å². The van der Waals surface area contributed by atoms with E-state index in [4.69, 9.17) is 5.73 Å². The molecule has 0 aromatic carbocycles. The summed E-state index contributed by atoms with van der Waals surface area (Å²) in [5.74, 6) is 3.39. The zero-order valence-electron chi connectivity index (χ0n) is 11.8. The first kappa shape index (κ1) is 15.3. The SMILES string of the molecule is CCSCCC(CN)N1CC(CC)CCC1C. The summed E-state index contributed by atoms with van der Waals surface area (Å²) in [6.45, 7) is 9.03. The van der Waals surface area contributed by atoms with Gasteiger partial charge >= 0.3 is 0 Å². The van der Waals surface area contributed by atoms with Crippen molar-refractivity contribution in [3.8, 4) is 0 Å². The molecule has 0 aromatic rings. The van der Waals surface area contributed by atoms with E-state index in [0.29, 0.717) is 6.04 Å². The van der Waals surface area contributed by atoms with Crippen LogP contribution in [0.15, 0.2) is 0 Å². The lowest BCUT2D eigenvalue weighted by Gasteiger charge is -2.42.